The van der Waals surface area contributed by atoms with E-state index < -0.39 is 10.0 Å². The summed E-state index contributed by atoms with van der Waals surface area (Å²) in [4.78, 5) is 1.42. The predicted octanol–water partition coefficient (Wildman–Crippen LogP) is 4.81. The van der Waals surface area contributed by atoms with E-state index in [1.165, 1.54) is 4.31 Å². The van der Waals surface area contributed by atoms with E-state index in [1.54, 1.807) is 54.2 Å². The second-order valence-corrected chi connectivity index (χ2v) is 9.95. The number of benzene rings is 1. The van der Waals surface area contributed by atoms with E-state index in [1.807, 2.05) is 17.5 Å². The summed E-state index contributed by atoms with van der Waals surface area (Å²) in [7, 11) is -3.64. The molecule has 2 heterocycles. The molecule has 3 rings (SSSR count). The molecular formula is C21H25NO4S2. The first-order chi connectivity index (χ1) is 13.4. The summed E-state index contributed by atoms with van der Waals surface area (Å²) in [6, 6.07) is 12.4. The maximum atomic E-state index is 13.3. The van der Waals surface area contributed by atoms with Gasteiger partial charge in [-0.1, -0.05) is 19.9 Å². The average molecular weight is 420 g/mol. The van der Waals surface area contributed by atoms with Crippen molar-refractivity contribution in [1.82, 2.24) is 4.31 Å². The van der Waals surface area contributed by atoms with Crippen LogP contribution in [0.2, 0.25) is 0 Å². The van der Waals surface area contributed by atoms with E-state index in [2.05, 4.69) is 13.8 Å². The van der Waals surface area contributed by atoms with E-state index in [4.69, 9.17) is 9.15 Å². The summed E-state index contributed by atoms with van der Waals surface area (Å²) >= 11 is 1.63. The highest BCUT2D eigenvalue weighted by Gasteiger charge is 2.25. The average Bonchev–Trinajstić information content (AvgIpc) is 3.37. The van der Waals surface area contributed by atoms with Gasteiger partial charge in [0.2, 0.25) is 10.0 Å². The second kappa shape index (κ2) is 9.41. The van der Waals surface area contributed by atoms with Crippen LogP contribution in [0.1, 0.15) is 24.3 Å². The number of furan rings is 1. The van der Waals surface area contributed by atoms with E-state index in [9.17, 15) is 8.42 Å². The molecule has 0 saturated carbocycles. The lowest BCUT2D eigenvalue weighted by Crippen LogP contribution is -2.32. The van der Waals surface area contributed by atoms with Crippen molar-refractivity contribution in [2.75, 3.05) is 13.2 Å². The highest BCUT2D eigenvalue weighted by Crippen LogP contribution is 2.23. The van der Waals surface area contributed by atoms with Gasteiger partial charge in [0, 0.05) is 23.5 Å². The monoisotopic (exact) mass is 419 g/mol. The van der Waals surface area contributed by atoms with Gasteiger partial charge in [0.25, 0.3) is 0 Å². The lowest BCUT2D eigenvalue weighted by Gasteiger charge is -2.21. The van der Waals surface area contributed by atoms with Gasteiger partial charge in [-0.05, 0) is 54.1 Å². The minimum Gasteiger partial charge on any atom is -0.493 e. The number of hydrogen-bond donors (Lipinski definition) is 0. The number of thiophene rings is 1. The summed E-state index contributed by atoms with van der Waals surface area (Å²) in [5.41, 5.74) is 0.826. The number of ether oxygens (including phenoxy) is 1. The third kappa shape index (κ3) is 5.47. The predicted molar refractivity (Wildman–Crippen MR) is 111 cm³/mol. The quantitative estimate of drug-likeness (QED) is 0.473. The number of hydrogen-bond acceptors (Lipinski definition) is 5. The molecule has 28 heavy (non-hydrogen) atoms. The highest BCUT2D eigenvalue weighted by molar-refractivity contribution is 7.89. The van der Waals surface area contributed by atoms with Crippen molar-refractivity contribution >= 4 is 21.4 Å². The third-order valence-electron chi connectivity index (χ3n) is 4.17. The van der Waals surface area contributed by atoms with Crippen LogP contribution in [0.5, 0.6) is 5.75 Å². The van der Waals surface area contributed by atoms with Crippen molar-refractivity contribution < 1.29 is 17.6 Å². The third-order valence-corrected chi connectivity index (χ3v) is 6.97. The first-order valence-corrected chi connectivity index (χ1v) is 11.5. The Balaban J connectivity index is 1.78. The maximum Gasteiger partial charge on any atom is 0.243 e. The lowest BCUT2D eigenvalue weighted by molar-refractivity contribution is 0.271. The van der Waals surface area contributed by atoms with Gasteiger partial charge in [-0.25, -0.2) is 8.42 Å². The Morgan fingerprint density at radius 3 is 2.54 bits per heavy atom. The van der Waals surface area contributed by atoms with Crippen molar-refractivity contribution in [2.24, 2.45) is 5.92 Å². The lowest BCUT2D eigenvalue weighted by atomic mass is 10.2. The Morgan fingerprint density at radius 2 is 1.93 bits per heavy atom. The molecule has 0 atom stereocenters. The van der Waals surface area contributed by atoms with Gasteiger partial charge < -0.3 is 9.15 Å². The molecule has 0 aliphatic heterocycles. The molecule has 150 valence electrons. The smallest absolute Gasteiger partial charge is 0.243 e. The Hall–Kier alpha value is -2.09. The van der Waals surface area contributed by atoms with Gasteiger partial charge in [-0.3, -0.25) is 0 Å². The fourth-order valence-electron chi connectivity index (χ4n) is 2.68. The molecule has 0 aliphatic carbocycles. The molecule has 0 spiro atoms. The SMILES string of the molecule is CC(C)COc1ccc(S(=O)(=O)N(CCc2cccs2)Cc2ccoc2)cc1. The summed E-state index contributed by atoms with van der Waals surface area (Å²) in [5.74, 6) is 1.08. The molecule has 7 heteroatoms. The largest absolute Gasteiger partial charge is 0.493 e. The first kappa shape index (κ1) is 20.6. The Labute approximate surface area is 170 Å². The molecule has 3 aromatic rings. The molecule has 5 nitrogen and oxygen atoms in total. The van der Waals surface area contributed by atoms with Gasteiger partial charge in [-0.2, -0.15) is 4.31 Å². The van der Waals surface area contributed by atoms with Gasteiger partial charge >= 0.3 is 0 Å². The van der Waals surface area contributed by atoms with Crippen molar-refractivity contribution in [3.63, 3.8) is 0 Å². The van der Waals surface area contributed by atoms with Crippen LogP contribution in [0.3, 0.4) is 0 Å². The molecule has 0 saturated heterocycles. The zero-order chi connectivity index (χ0) is 20.0. The molecule has 0 bridgehead atoms. The second-order valence-electron chi connectivity index (χ2n) is 6.98. The Kier molecular flexibility index (Phi) is 6.93. The molecule has 0 aliphatic rings. The maximum absolute atomic E-state index is 13.3. The van der Waals surface area contributed by atoms with E-state index in [0.29, 0.717) is 31.2 Å². The van der Waals surface area contributed by atoms with Crippen LogP contribution in [0.25, 0.3) is 0 Å². The molecule has 0 fully saturated rings. The minimum atomic E-state index is -3.64. The van der Waals surface area contributed by atoms with E-state index >= 15 is 0 Å². The molecule has 0 unspecified atom stereocenters. The fourth-order valence-corrected chi connectivity index (χ4v) is 4.81. The normalized spacial score (nSPS) is 12.0. The first-order valence-electron chi connectivity index (χ1n) is 9.21. The van der Waals surface area contributed by atoms with Crippen LogP contribution in [0.15, 0.2) is 69.7 Å². The number of rotatable bonds is 10. The van der Waals surface area contributed by atoms with Gasteiger partial charge in [0.1, 0.15) is 5.75 Å². The molecule has 1 aromatic carbocycles. The van der Waals surface area contributed by atoms with Crippen LogP contribution < -0.4 is 4.74 Å². The van der Waals surface area contributed by atoms with Gasteiger partial charge in [0.15, 0.2) is 0 Å². The van der Waals surface area contributed by atoms with Crippen molar-refractivity contribution in [2.45, 2.75) is 31.7 Å². The summed E-state index contributed by atoms with van der Waals surface area (Å²) in [6.07, 6.45) is 3.81. The molecule has 0 radical (unpaired) electrons. The molecule has 0 amide bonds. The highest BCUT2D eigenvalue weighted by atomic mass is 32.2. The standard InChI is InChI=1S/C21H25NO4S2/c1-17(2)15-26-19-5-7-21(8-6-19)28(23,24)22(14-18-10-12-25-16-18)11-9-20-4-3-13-27-20/h3-8,10,12-13,16-17H,9,11,14-15H2,1-2H3. The summed E-state index contributed by atoms with van der Waals surface area (Å²) in [6.45, 7) is 5.41. The molecule has 2 aromatic heterocycles. The van der Waals surface area contributed by atoms with Crippen molar-refractivity contribution in [3.05, 3.63) is 70.8 Å². The van der Waals surface area contributed by atoms with Crippen LogP contribution in [-0.4, -0.2) is 25.9 Å². The zero-order valence-corrected chi connectivity index (χ0v) is 17.7. The van der Waals surface area contributed by atoms with Crippen molar-refractivity contribution in [3.8, 4) is 5.75 Å². The van der Waals surface area contributed by atoms with Crippen LogP contribution in [0, 0.1) is 5.92 Å². The Morgan fingerprint density at radius 1 is 1.14 bits per heavy atom. The van der Waals surface area contributed by atoms with Gasteiger partial charge in [0.05, 0.1) is 24.0 Å². The summed E-state index contributed by atoms with van der Waals surface area (Å²) in [5, 5.41) is 2.00. The molecular weight excluding hydrogens is 394 g/mol. The van der Waals surface area contributed by atoms with E-state index in [-0.39, 0.29) is 11.4 Å². The van der Waals surface area contributed by atoms with Crippen LogP contribution >= 0.6 is 11.3 Å². The minimum absolute atomic E-state index is 0.263. The Bertz CT molecular complexity index is 931. The van der Waals surface area contributed by atoms with Crippen LogP contribution in [0.4, 0.5) is 0 Å². The topological polar surface area (TPSA) is 59.8 Å². The van der Waals surface area contributed by atoms with Crippen molar-refractivity contribution in [1.29, 1.82) is 0 Å². The summed E-state index contributed by atoms with van der Waals surface area (Å²) < 4.78 is 38.8. The fraction of sp³-hybridized carbons (Fsp3) is 0.333. The van der Waals surface area contributed by atoms with E-state index in [0.717, 1.165) is 10.4 Å². The number of nitrogens with zero attached hydrogens (tertiary/aromatic N) is 1. The zero-order valence-electron chi connectivity index (χ0n) is 16.1. The van der Waals surface area contributed by atoms with Gasteiger partial charge in [-0.15, -0.1) is 11.3 Å². The number of sulfonamides is 1. The van der Waals surface area contributed by atoms with Crippen LogP contribution in [-0.2, 0) is 23.0 Å². The molecule has 0 N–H and O–H groups in total.